The van der Waals surface area contributed by atoms with Gasteiger partial charge < -0.3 is 4.74 Å². The molecule has 0 saturated heterocycles. The van der Waals surface area contributed by atoms with Gasteiger partial charge in [-0.1, -0.05) is 54.6 Å². The van der Waals surface area contributed by atoms with Gasteiger partial charge in [-0.15, -0.1) is 11.6 Å². The first-order valence-electron chi connectivity index (χ1n) is 6.38. The molecular formula is C17H17ClO. The Morgan fingerprint density at radius 1 is 1.00 bits per heavy atom. The molecular weight excluding hydrogens is 256 g/mol. The third kappa shape index (κ3) is 4.80. The molecule has 0 atom stereocenters. The van der Waals surface area contributed by atoms with Crippen molar-refractivity contribution in [2.45, 2.75) is 13.0 Å². The van der Waals surface area contributed by atoms with Crippen LogP contribution >= 0.6 is 11.6 Å². The molecule has 0 aliphatic heterocycles. The first-order chi connectivity index (χ1) is 9.38. The van der Waals surface area contributed by atoms with Crippen molar-refractivity contribution >= 4 is 17.7 Å². The van der Waals surface area contributed by atoms with Crippen LogP contribution in [0.2, 0.25) is 0 Å². The highest BCUT2D eigenvalue weighted by molar-refractivity contribution is 6.17. The number of hydrogen-bond donors (Lipinski definition) is 0. The molecule has 0 aromatic heterocycles. The number of halogens is 1. The van der Waals surface area contributed by atoms with Crippen molar-refractivity contribution < 1.29 is 4.74 Å². The normalized spacial score (nSPS) is 10.8. The molecule has 0 spiro atoms. The summed E-state index contributed by atoms with van der Waals surface area (Å²) in [4.78, 5) is 0. The summed E-state index contributed by atoms with van der Waals surface area (Å²) >= 11 is 5.64. The summed E-state index contributed by atoms with van der Waals surface area (Å²) in [7, 11) is 0. The zero-order chi connectivity index (χ0) is 13.3. The van der Waals surface area contributed by atoms with Crippen molar-refractivity contribution in [1.29, 1.82) is 0 Å². The molecule has 2 aromatic rings. The van der Waals surface area contributed by atoms with Crippen LogP contribution in [0.1, 0.15) is 17.5 Å². The zero-order valence-electron chi connectivity index (χ0n) is 10.8. The predicted molar refractivity (Wildman–Crippen MR) is 81.6 cm³/mol. The van der Waals surface area contributed by atoms with Crippen LogP contribution in [0, 0.1) is 0 Å². The minimum atomic E-state index is 0.593. The summed E-state index contributed by atoms with van der Waals surface area (Å²) in [5.41, 5.74) is 2.31. The van der Waals surface area contributed by atoms with E-state index in [0.717, 1.165) is 17.7 Å². The average Bonchev–Trinajstić information content (AvgIpc) is 2.47. The van der Waals surface area contributed by atoms with Crippen molar-refractivity contribution in [3.05, 3.63) is 71.8 Å². The maximum atomic E-state index is 5.78. The van der Waals surface area contributed by atoms with Gasteiger partial charge in [-0.3, -0.25) is 0 Å². The Bertz CT molecular complexity index is 520. The number of hydrogen-bond acceptors (Lipinski definition) is 1. The van der Waals surface area contributed by atoms with Crippen LogP contribution in [0.15, 0.2) is 60.7 Å². The molecule has 2 aromatic carbocycles. The van der Waals surface area contributed by atoms with Crippen LogP contribution in [-0.2, 0) is 6.61 Å². The number of benzene rings is 2. The van der Waals surface area contributed by atoms with E-state index in [4.69, 9.17) is 16.3 Å². The molecule has 19 heavy (non-hydrogen) atoms. The molecule has 0 N–H and O–H groups in total. The summed E-state index contributed by atoms with van der Waals surface area (Å²) in [5, 5.41) is 0. The molecule has 0 amide bonds. The van der Waals surface area contributed by atoms with E-state index in [1.54, 1.807) is 0 Å². The van der Waals surface area contributed by atoms with E-state index >= 15 is 0 Å². The highest BCUT2D eigenvalue weighted by atomic mass is 35.5. The fourth-order valence-electron chi connectivity index (χ4n) is 1.73. The Morgan fingerprint density at radius 2 is 1.84 bits per heavy atom. The molecule has 0 saturated carbocycles. The zero-order valence-corrected chi connectivity index (χ0v) is 11.5. The lowest BCUT2D eigenvalue weighted by atomic mass is 10.2. The van der Waals surface area contributed by atoms with Crippen LogP contribution in [0.3, 0.4) is 0 Å². The Kier molecular flexibility index (Phi) is 5.51. The highest BCUT2D eigenvalue weighted by Crippen LogP contribution is 2.16. The van der Waals surface area contributed by atoms with E-state index in [2.05, 4.69) is 30.4 Å². The number of alkyl halides is 1. The van der Waals surface area contributed by atoms with Crippen LogP contribution in [0.4, 0.5) is 0 Å². The fourth-order valence-corrected chi connectivity index (χ4v) is 1.86. The molecule has 0 aliphatic carbocycles. The number of ether oxygens (including phenoxy) is 1. The summed E-state index contributed by atoms with van der Waals surface area (Å²) in [6.45, 7) is 0.593. The maximum absolute atomic E-state index is 5.78. The molecule has 2 rings (SSSR count). The first-order valence-corrected chi connectivity index (χ1v) is 6.91. The molecule has 0 unspecified atom stereocenters. The molecule has 0 heterocycles. The van der Waals surface area contributed by atoms with Crippen LogP contribution in [-0.4, -0.2) is 5.88 Å². The smallest absolute Gasteiger partial charge is 0.120 e. The van der Waals surface area contributed by atoms with Gasteiger partial charge in [0, 0.05) is 5.88 Å². The molecule has 0 aliphatic rings. The minimum absolute atomic E-state index is 0.593. The molecule has 0 bridgehead atoms. The maximum Gasteiger partial charge on any atom is 0.120 e. The van der Waals surface area contributed by atoms with Gasteiger partial charge in [0.2, 0.25) is 0 Å². The van der Waals surface area contributed by atoms with Gasteiger partial charge in [0.25, 0.3) is 0 Å². The monoisotopic (exact) mass is 272 g/mol. The Labute approximate surface area is 119 Å². The standard InChI is InChI=1S/C17H17ClO/c18-12-5-4-7-15-10-6-11-17(13-15)19-14-16-8-2-1-3-9-16/h1-4,6-11,13H,5,12,14H2. The van der Waals surface area contributed by atoms with Crippen molar-refractivity contribution in [3.8, 4) is 5.75 Å². The molecule has 2 heteroatoms. The van der Waals surface area contributed by atoms with E-state index in [1.165, 1.54) is 5.56 Å². The largest absolute Gasteiger partial charge is 0.489 e. The number of allylic oxidation sites excluding steroid dienone is 1. The van der Waals surface area contributed by atoms with E-state index in [1.807, 2.05) is 36.4 Å². The van der Waals surface area contributed by atoms with Crippen molar-refractivity contribution in [2.75, 3.05) is 5.88 Å². The Hall–Kier alpha value is -1.73. The lowest BCUT2D eigenvalue weighted by Crippen LogP contribution is -1.94. The predicted octanol–water partition coefficient (Wildman–Crippen LogP) is 4.91. The van der Waals surface area contributed by atoms with E-state index in [9.17, 15) is 0 Å². The molecule has 0 radical (unpaired) electrons. The van der Waals surface area contributed by atoms with Crippen LogP contribution in [0.25, 0.3) is 6.08 Å². The third-order valence-electron chi connectivity index (χ3n) is 2.69. The topological polar surface area (TPSA) is 9.23 Å². The van der Waals surface area contributed by atoms with Gasteiger partial charge in [0.15, 0.2) is 0 Å². The highest BCUT2D eigenvalue weighted by Gasteiger charge is 1.96. The molecule has 98 valence electrons. The van der Waals surface area contributed by atoms with Gasteiger partial charge in [0.1, 0.15) is 12.4 Å². The van der Waals surface area contributed by atoms with Crippen LogP contribution in [0.5, 0.6) is 5.75 Å². The van der Waals surface area contributed by atoms with Gasteiger partial charge >= 0.3 is 0 Å². The third-order valence-corrected chi connectivity index (χ3v) is 2.91. The van der Waals surface area contributed by atoms with E-state index < -0.39 is 0 Å². The quantitative estimate of drug-likeness (QED) is 0.679. The lowest BCUT2D eigenvalue weighted by Gasteiger charge is -2.06. The Balaban J connectivity index is 1.95. The average molecular weight is 273 g/mol. The fraction of sp³-hybridized carbons (Fsp3) is 0.176. The summed E-state index contributed by atoms with van der Waals surface area (Å²) in [6.07, 6.45) is 5.03. The summed E-state index contributed by atoms with van der Waals surface area (Å²) in [6, 6.07) is 18.2. The lowest BCUT2D eigenvalue weighted by molar-refractivity contribution is 0.306. The number of rotatable bonds is 6. The van der Waals surface area contributed by atoms with Crippen LogP contribution < -0.4 is 4.74 Å². The second-order valence-corrected chi connectivity index (χ2v) is 4.60. The van der Waals surface area contributed by atoms with Crippen molar-refractivity contribution in [1.82, 2.24) is 0 Å². The van der Waals surface area contributed by atoms with E-state index in [0.29, 0.717) is 12.5 Å². The summed E-state index contributed by atoms with van der Waals surface area (Å²) in [5.74, 6) is 1.54. The van der Waals surface area contributed by atoms with Gasteiger partial charge in [0.05, 0.1) is 0 Å². The minimum Gasteiger partial charge on any atom is -0.489 e. The van der Waals surface area contributed by atoms with Gasteiger partial charge in [-0.05, 0) is 29.7 Å². The molecule has 1 nitrogen and oxygen atoms in total. The Morgan fingerprint density at radius 3 is 2.63 bits per heavy atom. The van der Waals surface area contributed by atoms with Crippen molar-refractivity contribution in [2.24, 2.45) is 0 Å². The molecule has 0 fully saturated rings. The van der Waals surface area contributed by atoms with E-state index in [-0.39, 0.29) is 0 Å². The van der Waals surface area contributed by atoms with Crippen molar-refractivity contribution in [3.63, 3.8) is 0 Å². The summed E-state index contributed by atoms with van der Waals surface area (Å²) < 4.78 is 5.78. The second kappa shape index (κ2) is 7.65. The second-order valence-electron chi connectivity index (χ2n) is 4.23. The van der Waals surface area contributed by atoms with Gasteiger partial charge in [-0.25, -0.2) is 0 Å². The SMILES string of the molecule is ClCCC=Cc1cccc(OCc2ccccc2)c1. The first kappa shape index (κ1) is 13.7. The van der Waals surface area contributed by atoms with Gasteiger partial charge in [-0.2, -0.15) is 0 Å².